The summed E-state index contributed by atoms with van der Waals surface area (Å²) < 4.78 is 7.81. The third-order valence-corrected chi connectivity index (χ3v) is 3.34. The first-order valence-electron chi connectivity index (χ1n) is 6.73. The lowest BCUT2D eigenvalue weighted by molar-refractivity contribution is 0.0602. The van der Waals surface area contributed by atoms with E-state index in [0.717, 1.165) is 26.2 Å². The molecule has 4 heteroatoms. The van der Waals surface area contributed by atoms with Gasteiger partial charge in [-0.25, -0.2) is 0 Å². The van der Waals surface area contributed by atoms with E-state index < -0.39 is 0 Å². The van der Waals surface area contributed by atoms with Crippen molar-refractivity contribution in [2.45, 2.75) is 51.8 Å². The van der Waals surface area contributed by atoms with Crippen molar-refractivity contribution in [3.63, 3.8) is 0 Å². The molecule has 0 atom stereocenters. The van der Waals surface area contributed by atoms with Crippen molar-refractivity contribution in [2.75, 3.05) is 13.2 Å². The molecule has 0 spiro atoms. The van der Waals surface area contributed by atoms with Gasteiger partial charge in [0.2, 0.25) is 0 Å². The van der Waals surface area contributed by atoms with E-state index in [1.165, 1.54) is 31.4 Å². The lowest BCUT2D eigenvalue weighted by atomic mass is 10.3. The highest BCUT2D eigenvalue weighted by Gasteiger charge is 2.14. The third-order valence-electron chi connectivity index (χ3n) is 3.34. The van der Waals surface area contributed by atoms with E-state index in [1.807, 2.05) is 10.9 Å². The highest BCUT2D eigenvalue weighted by Crippen LogP contribution is 2.20. The minimum Gasteiger partial charge on any atom is -0.377 e. The maximum atomic E-state index is 5.79. The molecule has 2 rings (SSSR count). The molecule has 0 unspecified atom stereocenters. The SMILES string of the molecule is CCn1nccc1CNCCOC1CCCC1. The summed E-state index contributed by atoms with van der Waals surface area (Å²) in [6.07, 6.45) is 7.57. The van der Waals surface area contributed by atoms with Gasteiger partial charge in [0.25, 0.3) is 0 Å². The van der Waals surface area contributed by atoms with Crippen molar-refractivity contribution in [1.82, 2.24) is 15.1 Å². The van der Waals surface area contributed by atoms with Crippen LogP contribution in [0.4, 0.5) is 0 Å². The zero-order chi connectivity index (χ0) is 11.9. The second-order valence-corrected chi connectivity index (χ2v) is 4.59. The van der Waals surface area contributed by atoms with Crippen LogP contribution in [0, 0.1) is 0 Å². The molecule has 1 heterocycles. The van der Waals surface area contributed by atoms with Crippen LogP contribution in [-0.2, 0) is 17.8 Å². The minimum absolute atomic E-state index is 0.526. The summed E-state index contributed by atoms with van der Waals surface area (Å²) in [7, 11) is 0. The number of aryl methyl sites for hydroxylation is 1. The Morgan fingerprint density at radius 3 is 3.06 bits per heavy atom. The highest BCUT2D eigenvalue weighted by atomic mass is 16.5. The van der Waals surface area contributed by atoms with Gasteiger partial charge in [0.15, 0.2) is 0 Å². The van der Waals surface area contributed by atoms with Gasteiger partial charge in [0, 0.05) is 25.8 Å². The summed E-state index contributed by atoms with van der Waals surface area (Å²) in [6, 6.07) is 2.06. The number of nitrogens with one attached hydrogen (secondary N) is 1. The molecule has 1 aromatic heterocycles. The van der Waals surface area contributed by atoms with Crippen molar-refractivity contribution >= 4 is 0 Å². The second-order valence-electron chi connectivity index (χ2n) is 4.59. The topological polar surface area (TPSA) is 39.1 Å². The molecule has 4 nitrogen and oxygen atoms in total. The van der Waals surface area contributed by atoms with E-state index in [4.69, 9.17) is 4.74 Å². The normalized spacial score (nSPS) is 16.8. The molecule has 0 saturated heterocycles. The Labute approximate surface area is 103 Å². The van der Waals surface area contributed by atoms with Crippen molar-refractivity contribution in [3.05, 3.63) is 18.0 Å². The zero-order valence-electron chi connectivity index (χ0n) is 10.7. The van der Waals surface area contributed by atoms with Crippen LogP contribution < -0.4 is 5.32 Å². The zero-order valence-corrected chi connectivity index (χ0v) is 10.7. The first-order valence-corrected chi connectivity index (χ1v) is 6.73. The molecule has 0 bridgehead atoms. The molecule has 1 aliphatic carbocycles. The number of hydrogen-bond donors (Lipinski definition) is 1. The molecule has 0 amide bonds. The molecule has 1 aromatic rings. The van der Waals surface area contributed by atoms with Crippen LogP contribution in [0.5, 0.6) is 0 Å². The van der Waals surface area contributed by atoms with E-state index in [-0.39, 0.29) is 0 Å². The largest absolute Gasteiger partial charge is 0.377 e. The average Bonchev–Trinajstić information content (AvgIpc) is 2.98. The van der Waals surface area contributed by atoms with Gasteiger partial charge in [-0.15, -0.1) is 0 Å². The van der Waals surface area contributed by atoms with Crippen molar-refractivity contribution in [1.29, 1.82) is 0 Å². The Kier molecular flexibility index (Phi) is 5.01. The van der Waals surface area contributed by atoms with Crippen LogP contribution in [0.2, 0.25) is 0 Å². The summed E-state index contributed by atoms with van der Waals surface area (Å²) in [4.78, 5) is 0. The molecule has 96 valence electrons. The summed E-state index contributed by atoms with van der Waals surface area (Å²) in [6.45, 7) is 5.67. The summed E-state index contributed by atoms with van der Waals surface area (Å²) in [5, 5.41) is 7.64. The quantitative estimate of drug-likeness (QED) is 0.737. The van der Waals surface area contributed by atoms with Gasteiger partial charge in [-0.05, 0) is 25.8 Å². The number of ether oxygens (including phenoxy) is 1. The van der Waals surface area contributed by atoms with Gasteiger partial charge in [-0.2, -0.15) is 5.10 Å². The number of aromatic nitrogens is 2. The van der Waals surface area contributed by atoms with E-state index in [2.05, 4.69) is 23.4 Å². The molecule has 1 fully saturated rings. The molecule has 1 N–H and O–H groups in total. The molecular formula is C13H23N3O. The number of rotatable bonds is 7. The first kappa shape index (κ1) is 12.6. The van der Waals surface area contributed by atoms with Crippen LogP contribution in [0.3, 0.4) is 0 Å². The van der Waals surface area contributed by atoms with Gasteiger partial charge >= 0.3 is 0 Å². The summed E-state index contributed by atoms with van der Waals surface area (Å²) in [5.41, 5.74) is 1.24. The fourth-order valence-electron chi connectivity index (χ4n) is 2.36. The molecule has 1 saturated carbocycles. The van der Waals surface area contributed by atoms with Gasteiger partial charge in [0.05, 0.1) is 18.4 Å². The van der Waals surface area contributed by atoms with Gasteiger partial charge in [-0.3, -0.25) is 4.68 Å². The Hall–Kier alpha value is -0.870. The lowest BCUT2D eigenvalue weighted by Crippen LogP contribution is -2.23. The van der Waals surface area contributed by atoms with E-state index >= 15 is 0 Å². The van der Waals surface area contributed by atoms with E-state index in [9.17, 15) is 0 Å². The maximum absolute atomic E-state index is 5.79. The molecule has 1 aliphatic rings. The van der Waals surface area contributed by atoms with Gasteiger partial charge < -0.3 is 10.1 Å². The highest BCUT2D eigenvalue weighted by molar-refractivity contribution is 4.99. The Morgan fingerprint density at radius 2 is 2.29 bits per heavy atom. The molecule has 0 aromatic carbocycles. The van der Waals surface area contributed by atoms with Crippen LogP contribution >= 0.6 is 0 Å². The fraction of sp³-hybridized carbons (Fsp3) is 0.769. The predicted octanol–water partition coefficient (Wildman–Crippen LogP) is 1.95. The maximum Gasteiger partial charge on any atom is 0.0594 e. The molecule has 0 radical (unpaired) electrons. The standard InChI is InChI=1S/C13H23N3O/c1-2-16-12(7-8-15-16)11-14-9-10-17-13-5-3-4-6-13/h7-8,13-14H,2-6,9-11H2,1H3. The second kappa shape index (κ2) is 6.77. The Bertz CT molecular complexity index is 318. The van der Waals surface area contributed by atoms with Crippen molar-refractivity contribution in [3.8, 4) is 0 Å². The Balaban J connectivity index is 1.56. The third kappa shape index (κ3) is 3.82. The van der Waals surface area contributed by atoms with Gasteiger partial charge in [-0.1, -0.05) is 12.8 Å². The minimum atomic E-state index is 0.526. The summed E-state index contributed by atoms with van der Waals surface area (Å²) >= 11 is 0. The molecule has 17 heavy (non-hydrogen) atoms. The van der Waals surface area contributed by atoms with Crippen LogP contribution in [0.1, 0.15) is 38.3 Å². The first-order chi connectivity index (χ1) is 8.40. The van der Waals surface area contributed by atoms with E-state index in [1.54, 1.807) is 0 Å². The lowest BCUT2D eigenvalue weighted by Gasteiger charge is -2.11. The average molecular weight is 237 g/mol. The van der Waals surface area contributed by atoms with Gasteiger partial charge in [0.1, 0.15) is 0 Å². The number of hydrogen-bond acceptors (Lipinski definition) is 3. The smallest absolute Gasteiger partial charge is 0.0594 e. The predicted molar refractivity (Wildman–Crippen MR) is 67.8 cm³/mol. The van der Waals surface area contributed by atoms with Crippen LogP contribution in [-0.4, -0.2) is 29.0 Å². The monoisotopic (exact) mass is 237 g/mol. The molecule has 0 aliphatic heterocycles. The fourth-order valence-corrected chi connectivity index (χ4v) is 2.36. The van der Waals surface area contributed by atoms with Crippen LogP contribution in [0.25, 0.3) is 0 Å². The molecular weight excluding hydrogens is 214 g/mol. The van der Waals surface area contributed by atoms with E-state index in [0.29, 0.717) is 6.10 Å². The van der Waals surface area contributed by atoms with Crippen molar-refractivity contribution in [2.24, 2.45) is 0 Å². The summed E-state index contributed by atoms with van der Waals surface area (Å²) in [5.74, 6) is 0. The Morgan fingerprint density at radius 1 is 1.47 bits per heavy atom. The van der Waals surface area contributed by atoms with Crippen LogP contribution in [0.15, 0.2) is 12.3 Å². The number of nitrogens with zero attached hydrogens (tertiary/aromatic N) is 2. The van der Waals surface area contributed by atoms with Crippen molar-refractivity contribution < 1.29 is 4.74 Å².